The molecular formula is C13H11N5O4. The van der Waals surface area contributed by atoms with Crippen molar-refractivity contribution >= 4 is 17.8 Å². The van der Waals surface area contributed by atoms with Gasteiger partial charge in [0.2, 0.25) is 0 Å². The number of nitrogens with zero attached hydrogens (tertiary/aromatic N) is 5. The highest BCUT2D eigenvalue weighted by Crippen LogP contribution is 2.24. The number of hydrogen-bond donors (Lipinski definition) is 0. The summed E-state index contributed by atoms with van der Waals surface area (Å²) in [7, 11) is 0. The summed E-state index contributed by atoms with van der Waals surface area (Å²) in [5.74, 6) is -2.20. The molecule has 0 unspecified atom stereocenters. The van der Waals surface area contributed by atoms with Gasteiger partial charge in [-0.05, 0) is 36.4 Å². The predicted octanol–water partition coefficient (Wildman–Crippen LogP) is 0.163. The van der Waals surface area contributed by atoms with Gasteiger partial charge in [-0.15, -0.1) is 5.10 Å². The van der Waals surface area contributed by atoms with Crippen LogP contribution in [0.3, 0.4) is 0 Å². The Bertz CT molecular complexity index is 733. The zero-order valence-electron chi connectivity index (χ0n) is 11.8. The highest BCUT2D eigenvalue weighted by atomic mass is 16.7. The Morgan fingerprint density at radius 1 is 1.14 bits per heavy atom. The number of benzene rings is 1. The fraction of sp³-hybridized carbons (Fsp3) is 0.231. The van der Waals surface area contributed by atoms with Gasteiger partial charge in [0.05, 0.1) is 11.1 Å². The molecule has 0 saturated carbocycles. The SMILES string of the molecule is CC(C)(C(=O)ON1C(=O)c2ccccc2C1=O)n1cnnn1. The minimum atomic E-state index is -1.28. The lowest BCUT2D eigenvalue weighted by Crippen LogP contribution is -2.43. The van der Waals surface area contributed by atoms with E-state index < -0.39 is 23.3 Å². The molecule has 9 heteroatoms. The van der Waals surface area contributed by atoms with E-state index in [0.717, 1.165) is 0 Å². The Hall–Kier alpha value is -3.10. The fourth-order valence-electron chi connectivity index (χ4n) is 1.96. The molecule has 22 heavy (non-hydrogen) atoms. The van der Waals surface area contributed by atoms with Crippen molar-refractivity contribution in [2.45, 2.75) is 19.4 Å². The number of carbonyl (C=O) groups is 3. The van der Waals surface area contributed by atoms with E-state index in [2.05, 4.69) is 15.5 Å². The summed E-state index contributed by atoms with van der Waals surface area (Å²) in [6.45, 7) is 3.01. The first-order valence-corrected chi connectivity index (χ1v) is 6.36. The molecule has 3 rings (SSSR count). The highest BCUT2D eigenvalue weighted by Gasteiger charge is 2.42. The van der Waals surface area contributed by atoms with Gasteiger partial charge >= 0.3 is 5.97 Å². The third-order valence-electron chi connectivity index (χ3n) is 3.35. The quantitative estimate of drug-likeness (QED) is 0.743. The smallest absolute Gasteiger partial charge is 0.327 e. The summed E-state index contributed by atoms with van der Waals surface area (Å²) in [5.41, 5.74) is -0.889. The largest absolute Gasteiger partial charge is 0.360 e. The van der Waals surface area contributed by atoms with Crippen LogP contribution in [0.1, 0.15) is 34.6 Å². The number of hydrogen-bond acceptors (Lipinski definition) is 7. The van der Waals surface area contributed by atoms with Crippen molar-refractivity contribution in [1.82, 2.24) is 25.3 Å². The zero-order chi connectivity index (χ0) is 15.9. The molecule has 0 fully saturated rings. The van der Waals surface area contributed by atoms with E-state index in [-0.39, 0.29) is 11.1 Å². The van der Waals surface area contributed by atoms with Gasteiger partial charge in [-0.1, -0.05) is 17.2 Å². The number of aromatic nitrogens is 4. The standard InChI is InChI=1S/C13H11N5O4/c1-13(2,17-7-14-15-16-17)12(21)22-18-10(19)8-5-3-4-6-9(8)11(18)20/h3-7H,1-2H3. The second-order valence-corrected chi connectivity index (χ2v) is 5.14. The molecule has 0 spiro atoms. The third kappa shape index (κ3) is 1.94. The van der Waals surface area contributed by atoms with Crippen LogP contribution in [0.2, 0.25) is 0 Å². The van der Waals surface area contributed by atoms with E-state index in [1.807, 2.05) is 0 Å². The number of amides is 2. The van der Waals surface area contributed by atoms with E-state index in [1.54, 1.807) is 12.1 Å². The maximum absolute atomic E-state index is 12.3. The molecule has 0 N–H and O–H groups in total. The van der Waals surface area contributed by atoms with Crippen LogP contribution in [0, 0.1) is 0 Å². The molecule has 1 aromatic carbocycles. The Balaban J connectivity index is 1.85. The van der Waals surface area contributed by atoms with Crippen LogP contribution >= 0.6 is 0 Å². The number of rotatable bonds is 3. The Morgan fingerprint density at radius 2 is 1.73 bits per heavy atom. The van der Waals surface area contributed by atoms with Crippen LogP contribution in [0.5, 0.6) is 0 Å². The van der Waals surface area contributed by atoms with Crippen molar-refractivity contribution in [3.63, 3.8) is 0 Å². The molecule has 112 valence electrons. The van der Waals surface area contributed by atoms with Crippen molar-refractivity contribution in [1.29, 1.82) is 0 Å². The van der Waals surface area contributed by atoms with Crippen LogP contribution < -0.4 is 0 Å². The van der Waals surface area contributed by atoms with E-state index >= 15 is 0 Å². The minimum absolute atomic E-state index is 0.195. The number of carbonyl (C=O) groups excluding carboxylic acids is 3. The van der Waals surface area contributed by atoms with Crippen molar-refractivity contribution in [3.8, 4) is 0 Å². The monoisotopic (exact) mass is 301 g/mol. The van der Waals surface area contributed by atoms with Crippen molar-refractivity contribution in [2.24, 2.45) is 0 Å². The average molecular weight is 301 g/mol. The second kappa shape index (κ2) is 4.72. The summed E-state index contributed by atoms with van der Waals surface area (Å²) in [6, 6.07) is 6.24. The molecule has 2 heterocycles. The predicted molar refractivity (Wildman–Crippen MR) is 70.2 cm³/mol. The lowest BCUT2D eigenvalue weighted by molar-refractivity contribution is -0.178. The Kier molecular flexibility index (Phi) is 2.98. The van der Waals surface area contributed by atoms with E-state index in [1.165, 1.54) is 37.0 Å². The molecule has 1 aliphatic rings. The Morgan fingerprint density at radius 3 is 2.23 bits per heavy atom. The highest BCUT2D eigenvalue weighted by molar-refractivity contribution is 6.20. The zero-order valence-corrected chi connectivity index (χ0v) is 11.8. The minimum Gasteiger partial charge on any atom is -0.327 e. The molecule has 2 aromatic rings. The van der Waals surface area contributed by atoms with Crippen molar-refractivity contribution in [3.05, 3.63) is 41.7 Å². The molecule has 2 amide bonds. The summed E-state index contributed by atoms with van der Waals surface area (Å²) >= 11 is 0. The first-order chi connectivity index (χ1) is 10.4. The summed E-state index contributed by atoms with van der Waals surface area (Å²) in [5, 5.41) is 11.0. The maximum Gasteiger partial charge on any atom is 0.360 e. The van der Waals surface area contributed by atoms with Gasteiger partial charge in [0.1, 0.15) is 6.33 Å². The molecule has 0 atom stereocenters. The fourth-order valence-corrected chi connectivity index (χ4v) is 1.96. The van der Waals surface area contributed by atoms with Gasteiger partial charge in [-0.3, -0.25) is 9.59 Å². The van der Waals surface area contributed by atoms with Crippen LogP contribution in [-0.2, 0) is 15.2 Å². The Labute approximate surface area is 124 Å². The topological polar surface area (TPSA) is 107 Å². The van der Waals surface area contributed by atoms with Gasteiger partial charge in [0.25, 0.3) is 11.8 Å². The van der Waals surface area contributed by atoms with Gasteiger partial charge in [0, 0.05) is 0 Å². The summed E-state index contributed by atoms with van der Waals surface area (Å²) < 4.78 is 1.17. The van der Waals surface area contributed by atoms with Gasteiger partial charge in [-0.25, -0.2) is 9.48 Å². The molecule has 0 radical (unpaired) electrons. The third-order valence-corrected chi connectivity index (χ3v) is 3.35. The van der Waals surface area contributed by atoms with Gasteiger partial charge < -0.3 is 4.84 Å². The molecule has 1 aliphatic heterocycles. The summed E-state index contributed by atoms with van der Waals surface area (Å²) in [6.07, 6.45) is 1.24. The van der Waals surface area contributed by atoms with Gasteiger partial charge in [-0.2, -0.15) is 0 Å². The average Bonchev–Trinajstić information content (AvgIpc) is 3.12. The second-order valence-electron chi connectivity index (χ2n) is 5.14. The maximum atomic E-state index is 12.3. The van der Waals surface area contributed by atoms with Crippen molar-refractivity contribution in [2.75, 3.05) is 0 Å². The number of tetrazole rings is 1. The number of fused-ring (bicyclic) bond motifs is 1. The van der Waals surface area contributed by atoms with E-state index in [4.69, 9.17) is 4.84 Å². The van der Waals surface area contributed by atoms with Crippen LogP contribution in [0.15, 0.2) is 30.6 Å². The molecule has 9 nitrogen and oxygen atoms in total. The first-order valence-electron chi connectivity index (χ1n) is 6.36. The van der Waals surface area contributed by atoms with Crippen LogP contribution in [-0.4, -0.2) is 43.1 Å². The van der Waals surface area contributed by atoms with Crippen LogP contribution in [0.4, 0.5) is 0 Å². The van der Waals surface area contributed by atoms with Crippen molar-refractivity contribution < 1.29 is 19.2 Å². The molecule has 0 bridgehead atoms. The van der Waals surface area contributed by atoms with E-state index in [9.17, 15) is 14.4 Å². The normalized spacial score (nSPS) is 14.2. The van der Waals surface area contributed by atoms with E-state index in [0.29, 0.717) is 5.06 Å². The molecule has 0 aliphatic carbocycles. The molecule has 0 saturated heterocycles. The molecular weight excluding hydrogens is 290 g/mol. The van der Waals surface area contributed by atoms with Gasteiger partial charge in [0.15, 0.2) is 5.54 Å². The lowest BCUT2D eigenvalue weighted by atomic mass is 10.1. The first kappa shape index (κ1) is 13.9. The van der Waals surface area contributed by atoms with Crippen LogP contribution in [0.25, 0.3) is 0 Å². The number of imide groups is 1. The summed E-state index contributed by atoms with van der Waals surface area (Å²) in [4.78, 5) is 41.5. The molecule has 1 aromatic heterocycles. The number of hydroxylamine groups is 2. The lowest BCUT2D eigenvalue weighted by Gasteiger charge is -2.23.